The van der Waals surface area contributed by atoms with E-state index in [-0.39, 0.29) is 6.04 Å². The van der Waals surface area contributed by atoms with Gasteiger partial charge < -0.3 is 10.1 Å². The molecule has 102 valence electrons. The van der Waals surface area contributed by atoms with Gasteiger partial charge in [-0.15, -0.1) is 11.3 Å². The van der Waals surface area contributed by atoms with Crippen molar-refractivity contribution in [1.29, 1.82) is 0 Å². The maximum absolute atomic E-state index is 5.44. The largest absolute Gasteiger partial charge is 0.496 e. The molecule has 1 N–H and O–H groups in total. The fraction of sp³-hybridized carbons (Fsp3) is 0.375. The van der Waals surface area contributed by atoms with E-state index in [2.05, 4.69) is 49.7 Å². The number of methoxy groups -OCH3 is 1. The third-order valence-electron chi connectivity index (χ3n) is 3.39. The van der Waals surface area contributed by atoms with Crippen LogP contribution in [0.2, 0.25) is 0 Å². The van der Waals surface area contributed by atoms with Crippen molar-refractivity contribution < 1.29 is 4.74 Å². The van der Waals surface area contributed by atoms with Crippen molar-refractivity contribution in [1.82, 2.24) is 5.32 Å². The molecule has 2 rings (SSSR count). The molecule has 19 heavy (non-hydrogen) atoms. The Balaban J connectivity index is 2.09. The lowest BCUT2D eigenvalue weighted by Crippen LogP contribution is -2.18. The van der Waals surface area contributed by atoms with E-state index in [1.165, 1.54) is 21.6 Å². The Hall–Kier alpha value is -1.32. The number of thiophene rings is 1. The monoisotopic (exact) mass is 275 g/mol. The Bertz CT molecular complexity index is 547. The van der Waals surface area contributed by atoms with E-state index in [1.807, 2.05) is 6.07 Å². The zero-order valence-corrected chi connectivity index (χ0v) is 12.8. The van der Waals surface area contributed by atoms with Crippen molar-refractivity contribution in [3.05, 3.63) is 51.2 Å². The predicted octanol–water partition coefficient (Wildman–Crippen LogP) is 4.22. The molecule has 0 amide bonds. The van der Waals surface area contributed by atoms with Crippen LogP contribution in [0, 0.1) is 13.8 Å². The minimum Gasteiger partial charge on any atom is -0.496 e. The highest BCUT2D eigenvalue weighted by molar-refractivity contribution is 7.10. The standard InChI is InChI=1S/C16H21NOS/c1-11-5-6-15(18-4)14(9-11)13(3)17-10-16-12(2)7-8-19-16/h5-9,13,17H,10H2,1-4H3. The van der Waals surface area contributed by atoms with E-state index in [4.69, 9.17) is 4.74 Å². The van der Waals surface area contributed by atoms with E-state index >= 15 is 0 Å². The van der Waals surface area contributed by atoms with Gasteiger partial charge in [-0.05, 0) is 43.8 Å². The van der Waals surface area contributed by atoms with Crippen molar-refractivity contribution in [2.24, 2.45) is 0 Å². The first-order valence-corrected chi connectivity index (χ1v) is 7.40. The van der Waals surface area contributed by atoms with Gasteiger partial charge in [-0.3, -0.25) is 0 Å². The van der Waals surface area contributed by atoms with Gasteiger partial charge in [0.15, 0.2) is 0 Å². The number of ether oxygens (including phenoxy) is 1. The normalized spacial score (nSPS) is 12.4. The molecule has 0 radical (unpaired) electrons. The summed E-state index contributed by atoms with van der Waals surface area (Å²) >= 11 is 1.81. The van der Waals surface area contributed by atoms with Crippen molar-refractivity contribution in [2.75, 3.05) is 7.11 Å². The van der Waals surface area contributed by atoms with E-state index < -0.39 is 0 Å². The molecule has 0 saturated heterocycles. The minimum atomic E-state index is 0.274. The van der Waals surface area contributed by atoms with Crippen molar-refractivity contribution in [2.45, 2.75) is 33.4 Å². The molecule has 1 atom stereocenters. The van der Waals surface area contributed by atoms with Crippen LogP contribution >= 0.6 is 11.3 Å². The quantitative estimate of drug-likeness (QED) is 0.882. The van der Waals surface area contributed by atoms with Crippen molar-refractivity contribution in [3.63, 3.8) is 0 Å². The summed E-state index contributed by atoms with van der Waals surface area (Å²) in [6.07, 6.45) is 0. The first kappa shape index (κ1) is 14.1. The van der Waals surface area contributed by atoms with Crippen LogP contribution in [-0.2, 0) is 6.54 Å². The molecule has 0 fully saturated rings. The predicted molar refractivity (Wildman–Crippen MR) is 82.0 cm³/mol. The Morgan fingerprint density at radius 1 is 1.26 bits per heavy atom. The number of hydrogen-bond donors (Lipinski definition) is 1. The van der Waals surface area contributed by atoms with Gasteiger partial charge in [0.1, 0.15) is 5.75 Å². The third kappa shape index (κ3) is 3.37. The Labute approximate surface area is 119 Å². The minimum absolute atomic E-state index is 0.274. The van der Waals surface area contributed by atoms with Crippen LogP contribution in [0.15, 0.2) is 29.6 Å². The summed E-state index contributed by atoms with van der Waals surface area (Å²) in [6, 6.07) is 8.76. The van der Waals surface area contributed by atoms with Gasteiger partial charge in [-0.2, -0.15) is 0 Å². The molecule has 1 aromatic carbocycles. The molecule has 0 aliphatic rings. The average Bonchev–Trinajstić information content (AvgIpc) is 2.81. The topological polar surface area (TPSA) is 21.3 Å². The van der Waals surface area contributed by atoms with Crippen LogP contribution in [0.3, 0.4) is 0 Å². The molecule has 0 bridgehead atoms. The molecule has 1 unspecified atom stereocenters. The molecule has 3 heteroatoms. The summed E-state index contributed by atoms with van der Waals surface area (Å²) in [5.41, 5.74) is 3.84. The molecule has 1 heterocycles. The van der Waals surface area contributed by atoms with Crippen molar-refractivity contribution >= 4 is 11.3 Å². The molecule has 0 aliphatic heterocycles. The van der Waals surface area contributed by atoms with Crippen LogP contribution in [0.25, 0.3) is 0 Å². The summed E-state index contributed by atoms with van der Waals surface area (Å²) in [4.78, 5) is 1.40. The summed E-state index contributed by atoms with van der Waals surface area (Å²) in [5.74, 6) is 0.952. The second-order valence-electron chi connectivity index (χ2n) is 4.87. The zero-order chi connectivity index (χ0) is 13.8. The molecule has 2 nitrogen and oxygen atoms in total. The molecule has 0 saturated carbocycles. The van der Waals surface area contributed by atoms with Crippen LogP contribution in [0.4, 0.5) is 0 Å². The van der Waals surface area contributed by atoms with E-state index in [9.17, 15) is 0 Å². The smallest absolute Gasteiger partial charge is 0.123 e. The van der Waals surface area contributed by atoms with Gasteiger partial charge in [0.05, 0.1) is 7.11 Å². The lowest BCUT2D eigenvalue weighted by molar-refractivity contribution is 0.401. The van der Waals surface area contributed by atoms with E-state index in [0.29, 0.717) is 0 Å². The fourth-order valence-corrected chi connectivity index (χ4v) is 2.99. The molecule has 1 aromatic heterocycles. The van der Waals surface area contributed by atoms with Gasteiger partial charge in [0.2, 0.25) is 0 Å². The third-order valence-corrected chi connectivity index (χ3v) is 4.41. The highest BCUT2D eigenvalue weighted by Gasteiger charge is 2.12. The molecular weight excluding hydrogens is 254 g/mol. The summed E-state index contributed by atoms with van der Waals surface area (Å²) in [5, 5.41) is 5.72. The van der Waals surface area contributed by atoms with Gasteiger partial charge in [-0.25, -0.2) is 0 Å². The number of benzene rings is 1. The highest BCUT2D eigenvalue weighted by Crippen LogP contribution is 2.26. The van der Waals surface area contributed by atoms with Gasteiger partial charge in [0, 0.05) is 23.0 Å². The Morgan fingerprint density at radius 2 is 2.05 bits per heavy atom. The van der Waals surface area contributed by atoms with Crippen LogP contribution in [-0.4, -0.2) is 7.11 Å². The van der Waals surface area contributed by atoms with Gasteiger partial charge >= 0.3 is 0 Å². The molecule has 0 spiro atoms. The van der Waals surface area contributed by atoms with Crippen LogP contribution in [0.5, 0.6) is 5.75 Å². The van der Waals surface area contributed by atoms with Gasteiger partial charge in [0.25, 0.3) is 0 Å². The van der Waals surface area contributed by atoms with Gasteiger partial charge in [-0.1, -0.05) is 17.7 Å². The first-order valence-electron chi connectivity index (χ1n) is 6.52. The second-order valence-corrected chi connectivity index (χ2v) is 5.88. The summed E-state index contributed by atoms with van der Waals surface area (Å²) in [6.45, 7) is 7.35. The van der Waals surface area contributed by atoms with E-state index in [0.717, 1.165) is 12.3 Å². The van der Waals surface area contributed by atoms with E-state index in [1.54, 1.807) is 18.4 Å². The SMILES string of the molecule is COc1ccc(C)cc1C(C)NCc1sccc1C. The second kappa shape index (κ2) is 6.22. The average molecular weight is 275 g/mol. The highest BCUT2D eigenvalue weighted by atomic mass is 32.1. The zero-order valence-electron chi connectivity index (χ0n) is 12.0. The Kier molecular flexibility index (Phi) is 4.61. The summed E-state index contributed by atoms with van der Waals surface area (Å²) < 4.78 is 5.44. The maximum atomic E-state index is 5.44. The number of aryl methyl sites for hydroxylation is 2. The number of hydrogen-bond acceptors (Lipinski definition) is 3. The molecule has 0 aliphatic carbocycles. The van der Waals surface area contributed by atoms with Crippen molar-refractivity contribution in [3.8, 4) is 5.75 Å². The maximum Gasteiger partial charge on any atom is 0.123 e. The molecule has 2 aromatic rings. The summed E-state index contributed by atoms with van der Waals surface area (Å²) in [7, 11) is 1.73. The Morgan fingerprint density at radius 3 is 2.68 bits per heavy atom. The lowest BCUT2D eigenvalue weighted by Gasteiger charge is -2.18. The number of nitrogens with one attached hydrogen (secondary N) is 1. The first-order chi connectivity index (χ1) is 9.11. The fourth-order valence-electron chi connectivity index (χ4n) is 2.13. The lowest BCUT2D eigenvalue weighted by atomic mass is 10.0. The van der Waals surface area contributed by atoms with Crippen LogP contribution in [0.1, 0.15) is 34.5 Å². The molecular formula is C16H21NOS. The van der Waals surface area contributed by atoms with Crippen LogP contribution < -0.4 is 10.1 Å². The number of rotatable bonds is 5.